The zero-order valence-corrected chi connectivity index (χ0v) is 10.7. The fourth-order valence-electron chi connectivity index (χ4n) is 2.03. The van der Waals surface area contributed by atoms with Gasteiger partial charge in [-0.3, -0.25) is 9.89 Å². The molecule has 94 valence electrons. The molecule has 2 rings (SSSR count). The van der Waals surface area contributed by atoms with E-state index in [1.807, 2.05) is 39.0 Å². The van der Waals surface area contributed by atoms with Gasteiger partial charge in [0, 0.05) is 16.8 Å². The summed E-state index contributed by atoms with van der Waals surface area (Å²) in [4.78, 5) is 10.9. The molecule has 0 atom stereocenters. The highest BCUT2D eigenvalue weighted by Gasteiger charge is 2.16. The van der Waals surface area contributed by atoms with Crippen LogP contribution in [0.1, 0.15) is 22.4 Å². The predicted octanol–water partition coefficient (Wildman–Crippen LogP) is 2.63. The first kappa shape index (κ1) is 12.4. The number of aliphatic carboxylic acids is 1. The number of aromatic nitrogens is 2. The van der Waals surface area contributed by atoms with Gasteiger partial charge in [0.15, 0.2) is 0 Å². The summed E-state index contributed by atoms with van der Waals surface area (Å²) in [5.41, 5.74) is 5.55. The Kier molecular flexibility index (Phi) is 3.19. The molecule has 0 saturated heterocycles. The Morgan fingerprint density at radius 2 is 2.06 bits per heavy atom. The summed E-state index contributed by atoms with van der Waals surface area (Å²) in [5.74, 6) is -0.842. The van der Waals surface area contributed by atoms with Gasteiger partial charge in [-0.2, -0.15) is 5.10 Å². The Morgan fingerprint density at radius 1 is 1.33 bits per heavy atom. The second-order valence-electron chi connectivity index (χ2n) is 4.56. The molecular formula is C14H16N2O2. The molecule has 0 amide bonds. The molecule has 18 heavy (non-hydrogen) atoms. The van der Waals surface area contributed by atoms with Crippen molar-refractivity contribution in [3.05, 3.63) is 40.6 Å². The maximum Gasteiger partial charge on any atom is 0.307 e. The molecule has 0 aliphatic carbocycles. The van der Waals surface area contributed by atoms with Crippen LogP contribution in [-0.2, 0) is 11.2 Å². The third-order valence-electron chi connectivity index (χ3n) is 3.05. The molecular weight excluding hydrogens is 228 g/mol. The summed E-state index contributed by atoms with van der Waals surface area (Å²) < 4.78 is 0. The van der Waals surface area contributed by atoms with Crippen LogP contribution >= 0.6 is 0 Å². The van der Waals surface area contributed by atoms with Gasteiger partial charge < -0.3 is 5.11 Å². The highest BCUT2D eigenvalue weighted by molar-refractivity contribution is 5.76. The minimum atomic E-state index is -0.842. The van der Waals surface area contributed by atoms with Crippen LogP contribution in [0.15, 0.2) is 18.2 Å². The number of benzene rings is 1. The molecule has 2 aromatic rings. The van der Waals surface area contributed by atoms with E-state index in [0.717, 1.165) is 33.6 Å². The van der Waals surface area contributed by atoms with Gasteiger partial charge in [-0.1, -0.05) is 17.7 Å². The molecule has 1 aromatic heterocycles. The van der Waals surface area contributed by atoms with Crippen LogP contribution < -0.4 is 0 Å². The van der Waals surface area contributed by atoms with Crippen molar-refractivity contribution in [1.82, 2.24) is 10.2 Å². The van der Waals surface area contributed by atoms with E-state index in [-0.39, 0.29) is 6.42 Å². The average Bonchev–Trinajstić information content (AvgIpc) is 2.64. The Morgan fingerprint density at radius 3 is 2.72 bits per heavy atom. The van der Waals surface area contributed by atoms with E-state index < -0.39 is 5.97 Å². The van der Waals surface area contributed by atoms with Gasteiger partial charge in [-0.05, 0) is 32.4 Å². The van der Waals surface area contributed by atoms with Gasteiger partial charge in [-0.15, -0.1) is 0 Å². The molecule has 0 spiro atoms. The number of aryl methyl sites for hydroxylation is 3. The van der Waals surface area contributed by atoms with Crippen LogP contribution in [0, 0.1) is 20.8 Å². The molecule has 0 bridgehead atoms. The number of nitrogens with one attached hydrogen (secondary N) is 1. The summed E-state index contributed by atoms with van der Waals surface area (Å²) in [6.45, 7) is 5.86. The molecule has 0 radical (unpaired) electrons. The summed E-state index contributed by atoms with van der Waals surface area (Å²) in [6.07, 6.45) is -0.00888. The van der Waals surface area contributed by atoms with Crippen LogP contribution in [0.4, 0.5) is 0 Å². The minimum Gasteiger partial charge on any atom is -0.481 e. The van der Waals surface area contributed by atoms with Crippen molar-refractivity contribution in [2.75, 3.05) is 0 Å². The number of nitrogens with zero attached hydrogens (tertiary/aromatic N) is 1. The second-order valence-corrected chi connectivity index (χ2v) is 4.56. The van der Waals surface area contributed by atoms with E-state index in [2.05, 4.69) is 10.2 Å². The first-order valence-corrected chi connectivity index (χ1v) is 5.82. The van der Waals surface area contributed by atoms with Crippen LogP contribution in [0.25, 0.3) is 11.3 Å². The van der Waals surface area contributed by atoms with Crippen molar-refractivity contribution in [1.29, 1.82) is 0 Å². The van der Waals surface area contributed by atoms with Crippen molar-refractivity contribution in [3.8, 4) is 11.3 Å². The largest absolute Gasteiger partial charge is 0.481 e. The Balaban J connectivity index is 2.57. The van der Waals surface area contributed by atoms with Gasteiger partial charge in [0.05, 0.1) is 12.1 Å². The smallest absolute Gasteiger partial charge is 0.307 e. The maximum atomic E-state index is 10.9. The van der Waals surface area contributed by atoms with E-state index in [1.54, 1.807) is 0 Å². The number of carboxylic acid groups (broad SMARTS) is 1. The third-order valence-corrected chi connectivity index (χ3v) is 3.05. The van der Waals surface area contributed by atoms with E-state index in [4.69, 9.17) is 5.11 Å². The molecule has 1 heterocycles. The lowest BCUT2D eigenvalue weighted by Gasteiger charge is -2.06. The number of aromatic amines is 1. The van der Waals surface area contributed by atoms with Gasteiger partial charge in [0.2, 0.25) is 0 Å². The van der Waals surface area contributed by atoms with Crippen LogP contribution in [0.3, 0.4) is 0 Å². The monoisotopic (exact) mass is 244 g/mol. The lowest BCUT2D eigenvalue weighted by Crippen LogP contribution is -2.02. The predicted molar refractivity (Wildman–Crippen MR) is 69.6 cm³/mol. The Labute approximate surface area is 106 Å². The van der Waals surface area contributed by atoms with E-state index >= 15 is 0 Å². The van der Waals surface area contributed by atoms with Crippen molar-refractivity contribution >= 4 is 5.97 Å². The van der Waals surface area contributed by atoms with E-state index in [0.29, 0.717) is 0 Å². The lowest BCUT2D eigenvalue weighted by molar-refractivity contribution is -0.136. The fraction of sp³-hybridized carbons (Fsp3) is 0.286. The summed E-state index contributed by atoms with van der Waals surface area (Å²) in [5, 5.41) is 16.1. The van der Waals surface area contributed by atoms with Gasteiger partial charge in [0.1, 0.15) is 0 Å². The molecule has 0 saturated carbocycles. The maximum absolute atomic E-state index is 10.9. The molecule has 0 unspecified atom stereocenters. The van der Waals surface area contributed by atoms with Crippen molar-refractivity contribution < 1.29 is 9.90 Å². The second kappa shape index (κ2) is 4.64. The van der Waals surface area contributed by atoms with E-state index in [1.165, 1.54) is 0 Å². The highest BCUT2D eigenvalue weighted by Crippen LogP contribution is 2.27. The quantitative estimate of drug-likeness (QED) is 0.872. The third kappa shape index (κ3) is 2.27. The zero-order valence-electron chi connectivity index (χ0n) is 10.7. The number of hydrogen-bond donors (Lipinski definition) is 2. The van der Waals surface area contributed by atoms with Crippen molar-refractivity contribution in [2.24, 2.45) is 0 Å². The SMILES string of the molecule is Cc1ccc(C)c(-c2n[nH]c(C)c2CC(=O)O)c1. The zero-order chi connectivity index (χ0) is 13.3. The molecule has 4 heteroatoms. The molecule has 4 nitrogen and oxygen atoms in total. The number of rotatable bonds is 3. The Hall–Kier alpha value is -2.10. The number of H-pyrrole nitrogens is 1. The first-order valence-electron chi connectivity index (χ1n) is 5.82. The number of carbonyl (C=O) groups is 1. The van der Waals surface area contributed by atoms with Gasteiger partial charge in [-0.25, -0.2) is 0 Å². The van der Waals surface area contributed by atoms with Crippen LogP contribution in [0.2, 0.25) is 0 Å². The Bertz CT molecular complexity index is 600. The molecule has 1 aromatic carbocycles. The van der Waals surface area contributed by atoms with Crippen molar-refractivity contribution in [3.63, 3.8) is 0 Å². The molecule has 0 aliphatic rings. The van der Waals surface area contributed by atoms with Crippen molar-refractivity contribution in [2.45, 2.75) is 27.2 Å². The molecule has 0 aliphatic heterocycles. The fourth-order valence-corrected chi connectivity index (χ4v) is 2.03. The highest BCUT2D eigenvalue weighted by atomic mass is 16.4. The molecule has 0 fully saturated rings. The van der Waals surface area contributed by atoms with Gasteiger partial charge in [0.25, 0.3) is 0 Å². The first-order chi connectivity index (χ1) is 8.49. The normalized spacial score (nSPS) is 10.6. The van der Waals surface area contributed by atoms with E-state index in [9.17, 15) is 4.79 Å². The summed E-state index contributed by atoms with van der Waals surface area (Å²) in [7, 11) is 0. The van der Waals surface area contributed by atoms with Crippen LogP contribution in [-0.4, -0.2) is 21.3 Å². The standard InChI is InChI=1S/C14H16N2O2/c1-8-4-5-9(2)11(6-8)14-12(7-13(17)18)10(3)15-16-14/h4-6H,7H2,1-3H3,(H,15,16)(H,17,18). The summed E-state index contributed by atoms with van der Waals surface area (Å²) in [6, 6.07) is 6.10. The number of carboxylic acids is 1. The molecule has 2 N–H and O–H groups in total. The average molecular weight is 244 g/mol. The topological polar surface area (TPSA) is 66.0 Å². The lowest BCUT2D eigenvalue weighted by atomic mass is 9.98. The van der Waals surface area contributed by atoms with Crippen LogP contribution in [0.5, 0.6) is 0 Å². The summed E-state index contributed by atoms with van der Waals surface area (Å²) >= 11 is 0. The van der Waals surface area contributed by atoms with Gasteiger partial charge >= 0.3 is 5.97 Å². The number of hydrogen-bond acceptors (Lipinski definition) is 2. The minimum absolute atomic E-state index is 0.00888.